The fourth-order valence-electron chi connectivity index (χ4n) is 1.02. The Bertz CT molecular complexity index is 81.6. The number of hydrogen-bond acceptors (Lipinski definition) is 2. The van der Waals surface area contributed by atoms with Crippen LogP contribution in [-0.2, 0) is 0 Å². The third-order valence-corrected chi connectivity index (χ3v) is 1.91. The molecule has 0 rings (SSSR count). The van der Waals surface area contributed by atoms with Crippen molar-refractivity contribution in [1.82, 2.24) is 0 Å². The van der Waals surface area contributed by atoms with Crippen molar-refractivity contribution in [3.8, 4) is 0 Å². The van der Waals surface area contributed by atoms with Gasteiger partial charge in [-0.1, -0.05) is 32.6 Å². The van der Waals surface area contributed by atoms with Crippen molar-refractivity contribution < 1.29 is 10.2 Å². The zero-order chi connectivity index (χ0) is 8.69. The van der Waals surface area contributed by atoms with E-state index in [1.54, 1.807) is 6.92 Å². The second-order valence-corrected chi connectivity index (χ2v) is 3.16. The second-order valence-electron chi connectivity index (χ2n) is 3.16. The van der Waals surface area contributed by atoms with Gasteiger partial charge in [-0.15, -0.1) is 0 Å². The van der Waals surface area contributed by atoms with E-state index < -0.39 is 12.2 Å². The minimum Gasteiger partial charge on any atom is -0.391 e. The van der Waals surface area contributed by atoms with Crippen LogP contribution in [0, 0.1) is 0 Å². The van der Waals surface area contributed by atoms with Gasteiger partial charge in [-0.25, -0.2) is 0 Å². The van der Waals surface area contributed by atoms with Gasteiger partial charge in [0.1, 0.15) is 0 Å². The molecule has 11 heavy (non-hydrogen) atoms. The monoisotopic (exact) mass is 160 g/mol. The molecule has 0 radical (unpaired) electrons. The zero-order valence-corrected chi connectivity index (χ0v) is 7.58. The van der Waals surface area contributed by atoms with E-state index in [1.165, 1.54) is 19.3 Å². The molecule has 68 valence electrons. The molecule has 0 spiro atoms. The summed E-state index contributed by atoms with van der Waals surface area (Å²) >= 11 is 0. The van der Waals surface area contributed by atoms with E-state index in [9.17, 15) is 5.11 Å². The zero-order valence-electron chi connectivity index (χ0n) is 7.58. The van der Waals surface area contributed by atoms with E-state index >= 15 is 0 Å². The van der Waals surface area contributed by atoms with Gasteiger partial charge in [-0.2, -0.15) is 0 Å². The van der Waals surface area contributed by atoms with Crippen molar-refractivity contribution >= 4 is 0 Å². The summed E-state index contributed by atoms with van der Waals surface area (Å²) in [5.74, 6) is 0. The van der Waals surface area contributed by atoms with Gasteiger partial charge in [-0.3, -0.25) is 0 Å². The van der Waals surface area contributed by atoms with Crippen LogP contribution in [0.15, 0.2) is 0 Å². The van der Waals surface area contributed by atoms with E-state index in [-0.39, 0.29) is 0 Å². The van der Waals surface area contributed by atoms with Gasteiger partial charge in [0.05, 0.1) is 12.2 Å². The van der Waals surface area contributed by atoms with Crippen molar-refractivity contribution in [3.63, 3.8) is 0 Å². The first-order valence-electron chi connectivity index (χ1n) is 4.54. The number of aliphatic hydroxyl groups is 2. The predicted octanol–water partition coefficient (Wildman–Crippen LogP) is 1.70. The average molecular weight is 160 g/mol. The van der Waals surface area contributed by atoms with Crippen molar-refractivity contribution in [3.05, 3.63) is 0 Å². The van der Waals surface area contributed by atoms with Gasteiger partial charge in [-0.05, 0) is 13.3 Å². The number of aliphatic hydroxyl groups excluding tert-OH is 2. The van der Waals surface area contributed by atoms with E-state index in [1.807, 2.05) is 0 Å². The molecule has 0 aromatic rings. The van der Waals surface area contributed by atoms with Crippen LogP contribution in [0.2, 0.25) is 0 Å². The fourth-order valence-corrected chi connectivity index (χ4v) is 1.02. The third kappa shape index (κ3) is 6.32. The first-order chi connectivity index (χ1) is 5.18. The van der Waals surface area contributed by atoms with Crippen molar-refractivity contribution in [1.29, 1.82) is 0 Å². The average Bonchev–Trinajstić information content (AvgIpc) is 1.97. The van der Waals surface area contributed by atoms with Gasteiger partial charge >= 0.3 is 0 Å². The van der Waals surface area contributed by atoms with E-state index in [0.717, 1.165) is 12.8 Å². The van der Waals surface area contributed by atoms with Crippen LogP contribution >= 0.6 is 0 Å². The molecule has 0 aliphatic carbocycles. The van der Waals surface area contributed by atoms with E-state index in [2.05, 4.69) is 6.92 Å². The molecule has 0 aromatic heterocycles. The molecule has 0 fully saturated rings. The minimum absolute atomic E-state index is 0.521. The molecule has 2 atom stereocenters. The summed E-state index contributed by atoms with van der Waals surface area (Å²) in [6, 6.07) is 0. The summed E-state index contributed by atoms with van der Waals surface area (Å²) in [4.78, 5) is 0. The summed E-state index contributed by atoms with van der Waals surface area (Å²) in [7, 11) is 0. The van der Waals surface area contributed by atoms with Gasteiger partial charge in [0, 0.05) is 0 Å². The summed E-state index contributed by atoms with van der Waals surface area (Å²) < 4.78 is 0. The number of hydrogen-bond donors (Lipinski definition) is 2. The van der Waals surface area contributed by atoms with Crippen LogP contribution < -0.4 is 0 Å². The summed E-state index contributed by atoms with van der Waals surface area (Å²) in [5, 5.41) is 18.1. The lowest BCUT2D eigenvalue weighted by molar-refractivity contribution is 0.0247. The standard InChI is InChI=1S/C9H20O2/c1-3-4-5-6-7-9(11)8(2)10/h8-11H,3-7H2,1-2H3/t8-,9-/m1/s1. The topological polar surface area (TPSA) is 40.5 Å². The quantitative estimate of drug-likeness (QED) is 0.581. The lowest BCUT2D eigenvalue weighted by Gasteiger charge is -2.12. The highest BCUT2D eigenvalue weighted by molar-refractivity contribution is 4.61. The molecule has 0 bridgehead atoms. The van der Waals surface area contributed by atoms with Crippen LogP contribution in [0.1, 0.15) is 46.0 Å². The summed E-state index contributed by atoms with van der Waals surface area (Å²) in [6.45, 7) is 3.79. The maximum absolute atomic E-state index is 9.18. The molecule has 0 unspecified atom stereocenters. The Morgan fingerprint density at radius 2 is 1.73 bits per heavy atom. The normalized spacial score (nSPS) is 16.4. The predicted molar refractivity (Wildman–Crippen MR) is 46.4 cm³/mol. The van der Waals surface area contributed by atoms with Crippen molar-refractivity contribution in [2.24, 2.45) is 0 Å². The molecule has 0 saturated carbocycles. The Morgan fingerprint density at radius 1 is 1.09 bits per heavy atom. The maximum atomic E-state index is 9.18. The van der Waals surface area contributed by atoms with Crippen LogP contribution in [0.5, 0.6) is 0 Å². The fraction of sp³-hybridized carbons (Fsp3) is 1.00. The molecular formula is C9H20O2. The molecule has 0 aliphatic rings. The minimum atomic E-state index is -0.573. The van der Waals surface area contributed by atoms with Crippen LogP contribution in [0.3, 0.4) is 0 Å². The van der Waals surface area contributed by atoms with Crippen LogP contribution in [0.4, 0.5) is 0 Å². The third-order valence-electron chi connectivity index (χ3n) is 1.91. The number of rotatable bonds is 6. The molecule has 0 amide bonds. The van der Waals surface area contributed by atoms with Crippen molar-refractivity contribution in [2.45, 2.75) is 58.2 Å². The van der Waals surface area contributed by atoms with Gasteiger partial charge in [0.2, 0.25) is 0 Å². The molecule has 0 heterocycles. The Morgan fingerprint density at radius 3 is 2.18 bits per heavy atom. The summed E-state index contributed by atoms with van der Waals surface area (Å²) in [5.41, 5.74) is 0. The molecule has 2 nitrogen and oxygen atoms in total. The molecule has 2 heteroatoms. The molecule has 0 saturated heterocycles. The SMILES string of the molecule is CCCCCC[C@@H](O)[C@@H](C)O. The van der Waals surface area contributed by atoms with Crippen LogP contribution in [-0.4, -0.2) is 22.4 Å². The smallest absolute Gasteiger partial charge is 0.0796 e. The van der Waals surface area contributed by atoms with Crippen LogP contribution in [0.25, 0.3) is 0 Å². The molecule has 2 N–H and O–H groups in total. The maximum Gasteiger partial charge on any atom is 0.0796 e. The number of unbranched alkanes of at least 4 members (excludes halogenated alkanes) is 3. The molecular weight excluding hydrogens is 140 g/mol. The largest absolute Gasteiger partial charge is 0.391 e. The Hall–Kier alpha value is -0.0800. The Labute approximate surface area is 69.2 Å². The molecule has 0 aliphatic heterocycles. The van der Waals surface area contributed by atoms with Gasteiger partial charge in [0.15, 0.2) is 0 Å². The van der Waals surface area contributed by atoms with Crippen molar-refractivity contribution in [2.75, 3.05) is 0 Å². The first-order valence-corrected chi connectivity index (χ1v) is 4.54. The summed E-state index contributed by atoms with van der Waals surface area (Å²) in [6.07, 6.45) is 4.28. The van der Waals surface area contributed by atoms with E-state index in [4.69, 9.17) is 5.11 Å². The highest BCUT2D eigenvalue weighted by Crippen LogP contribution is 2.07. The highest BCUT2D eigenvalue weighted by Gasteiger charge is 2.08. The Balaban J connectivity index is 3.10. The lowest BCUT2D eigenvalue weighted by atomic mass is 10.1. The molecule has 0 aromatic carbocycles. The van der Waals surface area contributed by atoms with Gasteiger partial charge < -0.3 is 10.2 Å². The highest BCUT2D eigenvalue weighted by atomic mass is 16.3. The lowest BCUT2D eigenvalue weighted by Crippen LogP contribution is -2.21. The van der Waals surface area contributed by atoms with Gasteiger partial charge in [0.25, 0.3) is 0 Å². The Kier molecular flexibility index (Phi) is 6.57. The second kappa shape index (κ2) is 6.62. The van der Waals surface area contributed by atoms with E-state index in [0.29, 0.717) is 0 Å². The first kappa shape index (κ1) is 10.9.